The van der Waals surface area contributed by atoms with E-state index >= 15 is 0 Å². The predicted octanol–water partition coefficient (Wildman–Crippen LogP) is 3.22. The van der Waals surface area contributed by atoms with Gasteiger partial charge in [0, 0.05) is 6.54 Å². The lowest BCUT2D eigenvalue weighted by Gasteiger charge is -2.24. The number of hydrogen-bond donors (Lipinski definition) is 1. The second-order valence-electron chi connectivity index (χ2n) is 5.32. The van der Waals surface area contributed by atoms with Gasteiger partial charge in [0.2, 0.25) is 5.91 Å². The van der Waals surface area contributed by atoms with Crippen LogP contribution in [0.3, 0.4) is 0 Å². The van der Waals surface area contributed by atoms with E-state index in [0.717, 1.165) is 37.8 Å². The van der Waals surface area contributed by atoms with E-state index < -0.39 is 0 Å². The highest BCUT2D eigenvalue weighted by Crippen LogP contribution is 2.27. The third-order valence-electron chi connectivity index (χ3n) is 3.83. The van der Waals surface area contributed by atoms with Gasteiger partial charge in [0.15, 0.2) is 0 Å². The van der Waals surface area contributed by atoms with Crippen LogP contribution in [0.1, 0.15) is 51.3 Å². The van der Waals surface area contributed by atoms with E-state index in [9.17, 15) is 9.18 Å². The van der Waals surface area contributed by atoms with Crippen LogP contribution >= 0.6 is 0 Å². The van der Waals surface area contributed by atoms with Gasteiger partial charge in [-0.15, -0.1) is 0 Å². The molecular formula is C16H23FN2O. The van der Waals surface area contributed by atoms with Gasteiger partial charge < -0.3 is 4.90 Å². The number of carbonyl (C=O) groups excluding carboxylic acids is 1. The average Bonchev–Trinajstić information content (AvgIpc) is 2.76. The summed E-state index contributed by atoms with van der Waals surface area (Å²) in [6.07, 6.45) is 3.79. The van der Waals surface area contributed by atoms with Crippen molar-refractivity contribution in [3.63, 3.8) is 0 Å². The summed E-state index contributed by atoms with van der Waals surface area (Å²) in [7, 11) is 0. The fourth-order valence-corrected chi connectivity index (χ4v) is 2.70. The highest BCUT2D eigenvalue weighted by Gasteiger charge is 2.38. The number of benzene rings is 1. The molecule has 1 saturated heterocycles. The normalized spacial score (nSPS) is 22.6. The molecule has 20 heavy (non-hydrogen) atoms. The molecule has 0 bridgehead atoms. The first-order valence-corrected chi connectivity index (χ1v) is 7.49. The minimum Gasteiger partial charge on any atom is -0.322 e. The summed E-state index contributed by atoms with van der Waals surface area (Å²) in [5.74, 6) is -0.122. The van der Waals surface area contributed by atoms with E-state index in [1.807, 2.05) is 17.9 Å². The molecule has 2 rings (SSSR count). The molecule has 110 valence electrons. The van der Waals surface area contributed by atoms with Crippen LogP contribution in [-0.4, -0.2) is 23.4 Å². The molecule has 1 heterocycles. The molecule has 1 N–H and O–H groups in total. The molecule has 1 aromatic rings. The zero-order chi connectivity index (χ0) is 14.5. The maximum Gasteiger partial charge on any atom is 0.241 e. The fraction of sp³-hybridized carbons (Fsp3) is 0.562. The summed E-state index contributed by atoms with van der Waals surface area (Å²) in [5.41, 5.74) is 0.825. The molecule has 4 heteroatoms. The topological polar surface area (TPSA) is 32.3 Å². The number of carbonyl (C=O) groups is 1. The van der Waals surface area contributed by atoms with Crippen LogP contribution in [0.2, 0.25) is 0 Å². The van der Waals surface area contributed by atoms with Crippen molar-refractivity contribution in [2.45, 2.75) is 51.7 Å². The third kappa shape index (κ3) is 3.18. The summed E-state index contributed by atoms with van der Waals surface area (Å²) in [6.45, 7) is 4.87. The highest BCUT2D eigenvalue weighted by atomic mass is 19.1. The van der Waals surface area contributed by atoms with Crippen molar-refractivity contribution in [1.29, 1.82) is 0 Å². The number of nitrogens with zero attached hydrogens (tertiary/aromatic N) is 1. The lowest BCUT2D eigenvalue weighted by Crippen LogP contribution is -2.31. The number of hydrogen-bond acceptors (Lipinski definition) is 2. The Kier molecular flexibility index (Phi) is 5.12. The Morgan fingerprint density at radius 1 is 1.30 bits per heavy atom. The van der Waals surface area contributed by atoms with Gasteiger partial charge in [-0.3, -0.25) is 10.1 Å². The van der Waals surface area contributed by atoms with Crippen molar-refractivity contribution in [1.82, 2.24) is 10.2 Å². The smallest absolute Gasteiger partial charge is 0.241 e. The summed E-state index contributed by atoms with van der Waals surface area (Å²) in [6, 6.07) is 6.36. The SMILES string of the molecule is CCCCCN1C(=O)C(CC)NC1c1cccc(F)c1. The summed E-state index contributed by atoms with van der Waals surface area (Å²) >= 11 is 0. The molecule has 3 nitrogen and oxygen atoms in total. The molecule has 1 fully saturated rings. The van der Waals surface area contributed by atoms with Gasteiger partial charge in [-0.05, 0) is 30.5 Å². The first kappa shape index (κ1) is 15.0. The zero-order valence-corrected chi connectivity index (χ0v) is 12.2. The average molecular weight is 278 g/mol. The van der Waals surface area contributed by atoms with Crippen molar-refractivity contribution < 1.29 is 9.18 Å². The maximum absolute atomic E-state index is 13.4. The Labute approximate surface area is 120 Å². The van der Waals surface area contributed by atoms with E-state index in [-0.39, 0.29) is 23.9 Å². The van der Waals surface area contributed by atoms with Crippen LogP contribution in [0.15, 0.2) is 24.3 Å². The van der Waals surface area contributed by atoms with Gasteiger partial charge in [0.25, 0.3) is 0 Å². The quantitative estimate of drug-likeness (QED) is 0.810. The van der Waals surface area contributed by atoms with Crippen molar-refractivity contribution in [2.75, 3.05) is 6.54 Å². The van der Waals surface area contributed by atoms with Crippen LogP contribution in [0.5, 0.6) is 0 Å². The van der Waals surface area contributed by atoms with Crippen LogP contribution in [0, 0.1) is 5.82 Å². The van der Waals surface area contributed by atoms with E-state index in [0.29, 0.717) is 0 Å². The predicted molar refractivity (Wildman–Crippen MR) is 77.6 cm³/mol. The number of nitrogens with one attached hydrogen (secondary N) is 1. The summed E-state index contributed by atoms with van der Waals surface area (Å²) in [4.78, 5) is 14.2. The largest absolute Gasteiger partial charge is 0.322 e. The van der Waals surface area contributed by atoms with Crippen molar-refractivity contribution >= 4 is 5.91 Å². The molecule has 1 aliphatic rings. The van der Waals surface area contributed by atoms with Crippen LogP contribution in [0.25, 0.3) is 0 Å². The Morgan fingerprint density at radius 3 is 2.75 bits per heavy atom. The number of unbranched alkanes of at least 4 members (excludes halogenated alkanes) is 2. The zero-order valence-electron chi connectivity index (χ0n) is 12.2. The molecular weight excluding hydrogens is 255 g/mol. The van der Waals surface area contributed by atoms with Crippen LogP contribution in [-0.2, 0) is 4.79 Å². The molecule has 0 aliphatic carbocycles. The van der Waals surface area contributed by atoms with Gasteiger partial charge in [0.1, 0.15) is 12.0 Å². The van der Waals surface area contributed by atoms with Gasteiger partial charge in [-0.1, -0.05) is 38.8 Å². The van der Waals surface area contributed by atoms with E-state index in [2.05, 4.69) is 12.2 Å². The van der Waals surface area contributed by atoms with E-state index in [1.165, 1.54) is 12.1 Å². The van der Waals surface area contributed by atoms with Gasteiger partial charge in [-0.25, -0.2) is 4.39 Å². The van der Waals surface area contributed by atoms with Crippen LogP contribution < -0.4 is 5.32 Å². The van der Waals surface area contributed by atoms with Crippen LogP contribution in [0.4, 0.5) is 4.39 Å². The maximum atomic E-state index is 13.4. The minimum absolute atomic E-state index is 0.137. The molecule has 1 aromatic carbocycles. The van der Waals surface area contributed by atoms with E-state index in [1.54, 1.807) is 6.07 Å². The number of amides is 1. The molecule has 0 saturated carbocycles. The molecule has 1 aliphatic heterocycles. The van der Waals surface area contributed by atoms with Gasteiger partial charge in [-0.2, -0.15) is 0 Å². The first-order chi connectivity index (χ1) is 9.67. The van der Waals surface area contributed by atoms with E-state index in [4.69, 9.17) is 0 Å². The van der Waals surface area contributed by atoms with Gasteiger partial charge >= 0.3 is 0 Å². The van der Waals surface area contributed by atoms with Crippen molar-refractivity contribution in [2.24, 2.45) is 0 Å². The van der Waals surface area contributed by atoms with Crippen molar-refractivity contribution in [3.05, 3.63) is 35.6 Å². The Hall–Kier alpha value is -1.42. The molecule has 2 atom stereocenters. The third-order valence-corrected chi connectivity index (χ3v) is 3.83. The standard InChI is InChI=1S/C16H23FN2O/c1-3-5-6-10-19-15(18-14(4-2)16(19)20)12-8-7-9-13(17)11-12/h7-9,11,14-15,18H,3-6,10H2,1-2H3. The molecule has 2 unspecified atom stereocenters. The summed E-state index contributed by atoms with van der Waals surface area (Å²) < 4.78 is 13.4. The molecule has 0 spiro atoms. The first-order valence-electron chi connectivity index (χ1n) is 7.49. The molecule has 0 aromatic heterocycles. The molecule has 1 amide bonds. The lowest BCUT2D eigenvalue weighted by atomic mass is 10.1. The monoisotopic (exact) mass is 278 g/mol. The Bertz CT molecular complexity index is 464. The second kappa shape index (κ2) is 6.84. The van der Waals surface area contributed by atoms with Gasteiger partial charge in [0.05, 0.1) is 6.04 Å². The Balaban J connectivity index is 2.17. The minimum atomic E-state index is -0.259. The van der Waals surface area contributed by atoms with Crippen molar-refractivity contribution in [3.8, 4) is 0 Å². The lowest BCUT2D eigenvalue weighted by molar-refractivity contribution is -0.130. The number of halogens is 1. The highest BCUT2D eigenvalue weighted by molar-refractivity contribution is 5.84. The second-order valence-corrected chi connectivity index (χ2v) is 5.32. The number of rotatable bonds is 6. The molecule has 0 radical (unpaired) electrons. The fourth-order valence-electron chi connectivity index (χ4n) is 2.70. The Morgan fingerprint density at radius 2 is 2.10 bits per heavy atom. The summed E-state index contributed by atoms with van der Waals surface area (Å²) in [5, 5.41) is 3.32.